The highest BCUT2D eigenvalue weighted by Gasteiger charge is 2.21. The Morgan fingerprint density at radius 1 is 1.41 bits per heavy atom. The van der Waals surface area contributed by atoms with Gasteiger partial charge in [-0.05, 0) is 37.7 Å². The van der Waals surface area contributed by atoms with Gasteiger partial charge in [0.1, 0.15) is 0 Å². The number of amides is 1. The van der Waals surface area contributed by atoms with Gasteiger partial charge in [0.2, 0.25) is 0 Å². The molecule has 0 unspecified atom stereocenters. The first kappa shape index (κ1) is 12.0. The summed E-state index contributed by atoms with van der Waals surface area (Å²) in [4.78, 5) is 15.5. The van der Waals surface area contributed by atoms with Gasteiger partial charge in [-0.15, -0.1) is 0 Å². The Bertz CT molecular complexity index is 400. The van der Waals surface area contributed by atoms with Crippen molar-refractivity contribution in [1.29, 1.82) is 0 Å². The van der Waals surface area contributed by atoms with Crippen molar-refractivity contribution in [3.63, 3.8) is 0 Å². The lowest BCUT2D eigenvalue weighted by Gasteiger charge is -2.26. The van der Waals surface area contributed by atoms with Crippen molar-refractivity contribution in [2.75, 3.05) is 0 Å². The molecule has 3 nitrogen and oxygen atoms in total. The second-order valence-electron chi connectivity index (χ2n) is 4.79. The maximum Gasteiger partial charge on any atom is 0.254 e. The Balaban J connectivity index is 1.96. The third kappa shape index (κ3) is 3.02. The van der Waals surface area contributed by atoms with Crippen LogP contribution in [0.4, 0.5) is 4.39 Å². The summed E-state index contributed by atoms with van der Waals surface area (Å²) in [5.74, 6) is -0.153. The van der Waals surface area contributed by atoms with Gasteiger partial charge in [0.05, 0.1) is 11.8 Å². The highest BCUT2D eigenvalue weighted by atomic mass is 19.1. The smallest absolute Gasteiger partial charge is 0.254 e. The van der Waals surface area contributed by atoms with Crippen molar-refractivity contribution in [3.8, 4) is 0 Å². The van der Waals surface area contributed by atoms with Crippen LogP contribution >= 0.6 is 0 Å². The van der Waals surface area contributed by atoms with Crippen LogP contribution in [0.3, 0.4) is 0 Å². The summed E-state index contributed by atoms with van der Waals surface area (Å²) in [6, 6.07) is 1.60. The molecule has 4 heteroatoms. The summed E-state index contributed by atoms with van der Waals surface area (Å²) < 4.78 is 13.3. The van der Waals surface area contributed by atoms with E-state index in [0.717, 1.165) is 37.8 Å². The van der Waals surface area contributed by atoms with E-state index in [1.165, 1.54) is 12.3 Å². The van der Waals surface area contributed by atoms with Crippen molar-refractivity contribution in [3.05, 3.63) is 29.8 Å². The number of nitrogens with one attached hydrogen (secondary N) is 1. The summed E-state index contributed by atoms with van der Waals surface area (Å²) in [6.45, 7) is 2.22. The van der Waals surface area contributed by atoms with Gasteiger partial charge in [-0.25, -0.2) is 4.39 Å². The van der Waals surface area contributed by atoms with Crippen LogP contribution in [-0.4, -0.2) is 16.9 Å². The van der Waals surface area contributed by atoms with Gasteiger partial charge in [0.15, 0.2) is 5.82 Å². The average Bonchev–Trinajstić information content (AvgIpc) is 2.32. The normalized spacial score (nSPS) is 24.4. The Labute approximate surface area is 100 Å². The lowest BCUT2D eigenvalue weighted by Crippen LogP contribution is -2.37. The number of rotatable bonds is 2. The molecule has 0 aromatic carbocycles. The number of carbonyl (C=O) groups is 1. The monoisotopic (exact) mass is 236 g/mol. The number of hydrogen-bond acceptors (Lipinski definition) is 2. The molecule has 1 N–H and O–H groups in total. The van der Waals surface area contributed by atoms with Crippen LogP contribution < -0.4 is 5.32 Å². The van der Waals surface area contributed by atoms with Gasteiger partial charge in [0, 0.05) is 12.2 Å². The second kappa shape index (κ2) is 5.25. The summed E-state index contributed by atoms with van der Waals surface area (Å²) in [5.41, 5.74) is 0.0821. The van der Waals surface area contributed by atoms with E-state index in [9.17, 15) is 9.18 Å². The fourth-order valence-corrected chi connectivity index (χ4v) is 2.23. The standard InChI is InChI=1S/C13H17FN2O/c1-9-2-4-10(5-3-9)16-13(17)11-6-7-15-8-12(11)14/h6-10H,2-5H2,1H3,(H,16,17). The van der Waals surface area contributed by atoms with E-state index in [-0.39, 0.29) is 17.5 Å². The average molecular weight is 236 g/mol. The molecule has 0 bridgehead atoms. The van der Waals surface area contributed by atoms with Gasteiger partial charge in [0.25, 0.3) is 5.91 Å². The van der Waals surface area contributed by atoms with Gasteiger partial charge in [-0.3, -0.25) is 9.78 Å². The minimum absolute atomic E-state index is 0.0821. The lowest BCUT2D eigenvalue weighted by molar-refractivity contribution is 0.0918. The van der Waals surface area contributed by atoms with Crippen LogP contribution in [0, 0.1) is 11.7 Å². The lowest BCUT2D eigenvalue weighted by atomic mass is 9.87. The number of hydrogen-bond donors (Lipinski definition) is 1. The number of aromatic nitrogens is 1. The predicted molar refractivity (Wildman–Crippen MR) is 63.1 cm³/mol. The molecule has 1 aromatic rings. The largest absolute Gasteiger partial charge is 0.349 e. The molecule has 17 heavy (non-hydrogen) atoms. The fourth-order valence-electron chi connectivity index (χ4n) is 2.23. The Morgan fingerprint density at radius 3 is 2.76 bits per heavy atom. The molecular formula is C13H17FN2O. The van der Waals surface area contributed by atoms with Crippen LogP contribution in [0.5, 0.6) is 0 Å². The first-order valence-electron chi connectivity index (χ1n) is 6.07. The highest BCUT2D eigenvalue weighted by Crippen LogP contribution is 2.23. The zero-order chi connectivity index (χ0) is 12.3. The quantitative estimate of drug-likeness (QED) is 0.857. The van der Waals surface area contributed by atoms with Gasteiger partial charge < -0.3 is 5.32 Å². The molecule has 1 aromatic heterocycles. The fraction of sp³-hybridized carbons (Fsp3) is 0.538. The van der Waals surface area contributed by atoms with Gasteiger partial charge in [-0.1, -0.05) is 6.92 Å². The number of carbonyl (C=O) groups excluding carboxylic acids is 1. The Hall–Kier alpha value is -1.45. The number of nitrogens with zero attached hydrogens (tertiary/aromatic N) is 1. The van der Waals surface area contributed by atoms with Crippen molar-refractivity contribution in [2.24, 2.45) is 5.92 Å². The molecule has 1 fully saturated rings. The third-order valence-electron chi connectivity index (χ3n) is 3.37. The molecule has 0 saturated heterocycles. The molecule has 0 radical (unpaired) electrons. The molecule has 2 rings (SSSR count). The van der Waals surface area contributed by atoms with Crippen LogP contribution in [0.1, 0.15) is 43.0 Å². The second-order valence-corrected chi connectivity index (χ2v) is 4.79. The Morgan fingerprint density at radius 2 is 2.12 bits per heavy atom. The van der Waals surface area contributed by atoms with Crippen LogP contribution in [0.2, 0.25) is 0 Å². The Kier molecular flexibility index (Phi) is 3.71. The van der Waals surface area contributed by atoms with E-state index in [1.807, 2.05) is 0 Å². The van der Waals surface area contributed by atoms with Crippen LogP contribution in [-0.2, 0) is 0 Å². The number of pyridine rings is 1. The van der Waals surface area contributed by atoms with E-state index < -0.39 is 5.82 Å². The third-order valence-corrected chi connectivity index (χ3v) is 3.37. The molecule has 1 amide bonds. The van der Waals surface area contributed by atoms with Gasteiger partial charge in [-0.2, -0.15) is 0 Å². The predicted octanol–water partition coefficient (Wildman–Crippen LogP) is 2.53. The summed E-state index contributed by atoms with van der Waals surface area (Å²) in [7, 11) is 0. The molecule has 0 spiro atoms. The zero-order valence-electron chi connectivity index (χ0n) is 9.95. The van der Waals surface area contributed by atoms with E-state index >= 15 is 0 Å². The molecule has 1 saturated carbocycles. The topological polar surface area (TPSA) is 42.0 Å². The molecule has 1 heterocycles. The zero-order valence-corrected chi connectivity index (χ0v) is 9.95. The van der Waals surface area contributed by atoms with Crippen molar-refractivity contribution in [1.82, 2.24) is 10.3 Å². The van der Waals surface area contributed by atoms with Crippen molar-refractivity contribution >= 4 is 5.91 Å². The van der Waals surface area contributed by atoms with Crippen LogP contribution in [0.25, 0.3) is 0 Å². The molecule has 0 aliphatic heterocycles. The summed E-state index contributed by atoms with van der Waals surface area (Å²) in [5, 5.41) is 2.89. The maximum atomic E-state index is 13.3. The van der Waals surface area contributed by atoms with E-state index in [4.69, 9.17) is 0 Å². The molecule has 1 aliphatic rings. The SMILES string of the molecule is CC1CCC(NC(=O)c2ccncc2F)CC1. The minimum Gasteiger partial charge on any atom is -0.349 e. The van der Waals surface area contributed by atoms with Gasteiger partial charge >= 0.3 is 0 Å². The maximum absolute atomic E-state index is 13.3. The summed E-state index contributed by atoms with van der Waals surface area (Å²) in [6.07, 6.45) is 6.73. The van der Waals surface area contributed by atoms with E-state index in [1.54, 1.807) is 0 Å². The molecule has 92 valence electrons. The van der Waals surface area contributed by atoms with Crippen molar-refractivity contribution in [2.45, 2.75) is 38.6 Å². The molecule has 0 atom stereocenters. The molecular weight excluding hydrogens is 219 g/mol. The highest BCUT2D eigenvalue weighted by molar-refractivity contribution is 5.94. The van der Waals surface area contributed by atoms with Crippen molar-refractivity contribution < 1.29 is 9.18 Å². The van der Waals surface area contributed by atoms with E-state index in [2.05, 4.69) is 17.2 Å². The first-order chi connectivity index (χ1) is 8.16. The van der Waals surface area contributed by atoms with E-state index in [0.29, 0.717) is 0 Å². The first-order valence-corrected chi connectivity index (χ1v) is 6.07. The number of halogens is 1. The van der Waals surface area contributed by atoms with Crippen LogP contribution in [0.15, 0.2) is 18.5 Å². The summed E-state index contributed by atoms with van der Waals surface area (Å²) >= 11 is 0. The minimum atomic E-state index is -0.561. The molecule has 1 aliphatic carbocycles.